The Morgan fingerprint density at radius 1 is 0.833 bits per heavy atom. The maximum atomic E-state index is 12.0. The van der Waals surface area contributed by atoms with Gasteiger partial charge in [0.1, 0.15) is 17.6 Å². The highest BCUT2D eigenvalue weighted by atomic mass is 16.7. The minimum Gasteiger partial charge on any atom is -0.465 e. The van der Waals surface area contributed by atoms with Crippen molar-refractivity contribution in [1.82, 2.24) is 0 Å². The summed E-state index contributed by atoms with van der Waals surface area (Å²) in [6.45, 7) is 7.26. The van der Waals surface area contributed by atoms with E-state index in [4.69, 9.17) is 28.4 Å². The summed E-state index contributed by atoms with van der Waals surface area (Å²) in [5.74, 6) is -3.58. The van der Waals surface area contributed by atoms with E-state index in [-0.39, 0.29) is 29.5 Å². The Bertz CT molecular complexity index is 1290. The van der Waals surface area contributed by atoms with Crippen LogP contribution in [0.3, 0.4) is 0 Å². The van der Waals surface area contributed by atoms with Gasteiger partial charge in [-0.2, -0.15) is 0 Å². The fourth-order valence-electron chi connectivity index (χ4n) is 3.87. The summed E-state index contributed by atoms with van der Waals surface area (Å²) in [4.78, 5) is 58.1. The van der Waals surface area contributed by atoms with Gasteiger partial charge in [-0.1, -0.05) is 19.1 Å². The predicted molar refractivity (Wildman–Crippen MR) is 143 cm³/mol. The van der Waals surface area contributed by atoms with Crippen molar-refractivity contribution in [3.63, 3.8) is 0 Å². The van der Waals surface area contributed by atoms with Crippen LogP contribution in [0.2, 0.25) is 0 Å². The molecule has 0 saturated heterocycles. The summed E-state index contributed by atoms with van der Waals surface area (Å²) in [5.41, 5.74) is 0.174. The van der Waals surface area contributed by atoms with Crippen molar-refractivity contribution in [3.05, 3.63) is 58.1 Å². The van der Waals surface area contributed by atoms with Gasteiger partial charge in [-0.05, 0) is 36.8 Å². The van der Waals surface area contributed by atoms with Crippen LogP contribution in [0.4, 0.5) is 5.69 Å². The van der Waals surface area contributed by atoms with Crippen LogP contribution in [0.5, 0.6) is 17.2 Å². The summed E-state index contributed by atoms with van der Waals surface area (Å²) < 4.78 is 32.3. The molecule has 0 spiro atoms. The average molecular weight is 592 g/mol. The molecule has 0 aliphatic heterocycles. The van der Waals surface area contributed by atoms with E-state index in [0.717, 1.165) is 20.8 Å². The van der Waals surface area contributed by atoms with Crippen LogP contribution in [-0.2, 0) is 38.1 Å². The van der Waals surface area contributed by atoms with Crippen molar-refractivity contribution in [3.8, 4) is 17.2 Å². The first-order valence-corrected chi connectivity index (χ1v) is 12.7. The largest absolute Gasteiger partial charge is 0.465 e. The van der Waals surface area contributed by atoms with Crippen LogP contribution in [0.1, 0.15) is 40.2 Å². The van der Waals surface area contributed by atoms with Gasteiger partial charge in [-0.3, -0.25) is 29.3 Å². The van der Waals surface area contributed by atoms with Gasteiger partial charge in [0.2, 0.25) is 18.1 Å². The zero-order valence-electron chi connectivity index (χ0n) is 23.9. The van der Waals surface area contributed by atoms with Crippen molar-refractivity contribution >= 4 is 29.6 Å². The zero-order valence-corrected chi connectivity index (χ0v) is 23.9. The number of carbonyl (C=O) groups excluding carboxylic acids is 4. The fraction of sp³-hybridized carbons (Fsp3) is 0.429. The second-order valence-electron chi connectivity index (χ2n) is 9.26. The molecule has 42 heavy (non-hydrogen) atoms. The molecule has 0 radical (unpaired) electrons. The number of aryl methyl sites for hydroxylation is 1. The second-order valence-corrected chi connectivity index (χ2v) is 9.26. The van der Waals surface area contributed by atoms with Gasteiger partial charge in [0.05, 0.1) is 11.5 Å². The number of nitro groups is 1. The van der Waals surface area contributed by atoms with Crippen LogP contribution in [0, 0.1) is 23.0 Å². The van der Waals surface area contributed by atoms with E-state index < -0.39 is 59.3 Å². The first-order valence-electron chi connectivity index (χ1n) is 12.7. The monoisotopic (exact) mass is 591 g/mol. The molecular formula is C28H33NO13. The number of carbonyl (C=O) groups is 4. The number of aliphatic hydroxyl groups is 1. The molecular weight excluding hydrogens is 558 g/mol. The number of ether oxygens (including phenoxy) is 6. The first kappa shape index (κ1) is 33.5. The number of hydrogen-bond acceptors (Lipinski definition) is 13. The Kier molecular flexibility index (Phi) is 12.2. The van der Waals surface area contributed by atoms with Gasteiger partial charge in [0.15, 0.2) is 6.10 Å². The Hall–Kier alpha value is -4.72. The van der Waals surface area contributed by atoms with E-state index in [1.54, 1.807) is 13.0 Å². The fourth-order valence-corrected chi connectivity index (χ4v) is 3.87. The molecule has 2 aromatic carbocycles. The van der Waals surface area contributed by atoms with Crippen LogP contribution in [-0.4, -0.2) is 65.1 Å². The standard InChI is InChI=1S/C28H33NO13/c1-15-13-21(41-24-10-8-7-9-22(24)29(35)36)11-12-23(15)42-28(34)27(40-20(6)33)26(39-19(5)32)25(38-18(4)31)16(2)14-37-17(3)30/h7-13,16,25-28,34H,14H2,1-6H3. The Labute approximate surface area is 241 Å². The third kappa shape index (κ3) is 10.0. The molecule has 2 rings (SSSR count). The van der Waals surface area contributed by atoms with Gasteiger partial charge in [0.25, 0.3) is 0 Å². The summed E-state index contributed by atoms with van der Waals surface area (Å²) in [6.07, 6.45) is -6.60. The molecule has 0 aromatic heterocycles. The van der Waals surface area contributed by atoms with E-state index in [2.05, 4.69) is 0 Å². The highest BCUT2D eigenvalue weighted by Gasteiger charge is 2.45. The lowest BCUT2D eigenvalue weighted by molar-refractivity contribution is -0.385. The SMILES string of the molecule is CC(=O)OCC(C)C(OC(C)=O)C(OC(C)=O)C(OC(C)=O)C(O)Oc1ccc(Oc2ccccc2[N+](=O)[O-])cc1C. The molecule has 0 fully saturated rings. The van der Waals surface area contributed by atoms with E-state index in [9.17, 15) is 34.4 Å². The second kappa shape index (κ2) is 15.3. The molecule has 0 amide bonds. The topological polar surface area (TPSA) is 187 Å². The van der Waals surface area contributed by atoms with Gasteiger partial charge in [-0.15, -0.1) is 0 Å². The number of benzene rings is 2. The van der Waals surface area contributed by atoms with Crippen molar-refractivity contribution in [2.24, 2.45) is 5.92 Å². The number of esters is 4. The molecule has 0 saturated carbocycles. The van der Waals surface area contributed by atoms with Gasteiger partial charge < -0.3 is 33.5 Å². The van der Waals surface area contributed by atoms with Crippen LogP contribution >= 0.6 is 0 Å². The summed E-state index contributed by atoms with van der Waals surface area (Å²) in [7, 11) is 0. The highest BCUT2D eigenvalue weighted by molar-refractivity contribution is 5.68. The normalized spacial score (nSPS) is 14.3. The number of nitro benzene ring substituents is 1. The Morgan fingerprint density at radius 2 is 1.40 bits per heavy atom. The van der Waals surface area contributed by atoms with Crippen LogP contribution in [0.15, 0.2) is 42.5 Å². The quantitative estimate of drug-likeness (QED) is 0.111. The molecule has 0 aliphatic carbocycles. The third-order valence-electron chi connectivity index (χ3n) is 5.63. The molecule has 14 heteroatoms. The van der Waals surface area contributed by atoms with E-state index in [0.29, 0.717) is 5.56 Å². The molecule has 0 bridgehead atoms. The van der Waals surface area contributed by atoms with E-state index in [1.807, 2.05) is 0 Å². The molecule has 1 N–H and O–H groups in total. The maximum Gasteiger partial charge on any atom is 0.311 e. The third-order valence-corrected chi connectivity index (χ3v) is 5.63. The average Bonchev–Trinajstić information content (AvgIpc) is 2.89. The minimum absolute atomic E-state index is 0.00846. The highest BCUT2D eigenvalue weighted by Crippen LogP contribution is 2.33. The molecule has 5 atom stereocenters. The molecule has 0 aliphatic rings. The molecule has 0 heterocycles. The number of nitrogens with zero attached hydrogens (tertiary/aromatic N) is 1. The predicted octanol–water partition coefficient (Wildman–Crippen LogP) is 3.39. The lowest BCUT2D eigenvalue weighted by Gasteiger charge is -2.36. The van der Waals surface area contributed by atoms with Crippen LogP contribution in [0.25, 0.3) is 0 Å². The van der Waals surface area contributed by atoms with Gasteiger partial charge >= 0.3 is 29.6 Å². The molecule has 2 aromatic rings. The summed E-state index contributed by atoms with van der Waals surface area (Å²) in [6, 6.07) is 10.1. The Morgan fingerprint density at radius 3 is 1.95 bits per heavy atom. The number of aliphatic hydroxyl groups excluding tert-OH is 1. The lowest BCUT2D eigenvalue weighted by Crippen LogP contribution is -2.54. The maximum absolute atomic E-state index is 12.0. The van der Waals surface area contributed by atoms with Crippen molar-refractivity contribution < 1.29 is 57.6 Å². The molecule has 228 valence electrons. The summed E-state index contributed by atoms with van der Waals surface area (Å²) in [5, 5.41) is 22.4. The van der Waals surface area contributed by atoms with Crippen molar-refractivity contribution in [2.45, 2.75) is 66.1 Å². The van der Waals surface area contributed by atoms with Gasteiger partial charge in [-0.25, -0.2) is 0 Å². The molecule has 5 unspecified atom stereocenters. The Balaban J connectivity index is 2.39. The summed E-state index contributed by atoms with van der Waals surface area (Å²) >= 11 is 0. The molecule has 14 nitrogen and oxygen atoms in total. The van der Waals surface area contributed by atoms with E-state index >= 15 is 0 Å². The van der Waals surface area contributed by atoms with Crippen molar-refractivity contribution in [2.75, 3.05) is 6.61 Å². The number of rotatable bonds is 14. The zero-order chi connectivity index (χ0) is 31.6. The first-order chi connectivity index (χ1) is 19.7. The van der Waals surface area contributed by atoms with Crippen LogP contribution < -0.4 is 9.47 Å². The van der Waals surface area contributed by atoms with Gasteiger partial charge in [0, 0.05) is 39.7 Å². The minimum atomic E-state index is -1.96. The number of para-hydroxylation sites is 2. The van der Waals surface area contributed by atoms with Crippen molar-refractivity contribution in [1.29, 1.82) is 0 Å². The number of hydrogen-bond donors (Lipinski definition) is 1. The lowest BCUT2D eigenvalue weighted by atomic mass is 9.95. The van der Waals surface area contributed by atoms with E-state index in [1.165, 1.54) is 50.2 Å². The smallest absolute Gasteiger partial charge is 0.311 e.